The van der Waals surface area contributed by atoms with Crippen molar-refractivity contribution in [3.8, 4) is 28.4 Å². The van der Waals surface area contributed by atoms with E-state index in [-0.39, 0.29) is 0 Å². The molecule has 0 aromatic heterocycles. The van der Waals surface area contributed by atoms with Crippen LogP contribution < -0.4 is 19.9 Å². The molecule has 3 aromatic carbocycles. The first-order valence-electron chi connectivity index (χ1n) is 9.08. The Morgan fingerprint density at radius 2 is 1.44 bits per heavy atom. The molecule has 27 heavy (non-hydrogen) atoms. The molecule has 0 amide bonds. The fraction of sp³-hybridized carbons (Fsp3) is 0.217. The lowest BCUT2D eigenvalue weighted by atomic mass is 10.1. The molecule has 4 heteroatoms. The van der Waals surface area contributed by atoms with Crippen molar-refractivity contribution < 1.29 is 14.2 Å². The number of ether oxygens (including phenoxy) is 3. The molecule has 0 fully saturated rings. The van der Waals surface area contributed by atoms with E-state index in [1.807, 2.05) is 48.5 Å². The van der Waals surface area contributed by atoms with Crippen molar-refractivity contribution in [3.63, 3.8) is 0 Å². The Morgan fingerprint density at radius 3 is 2.15 bits per heavy atom. The van der Waals surface area contributed by atoms with Crippen LogP contribution in [0.2, 0.25) is 0 Å². The zero-order valence-electron chi connectivity index (χ0n) is 15.6. The van der Waals surface area contributed by atoms with Crippen LogP contribution in [0, 0.1) is 0 Å². The van der Waals surface area contributed by atoms with E-state index in [0.717, 1.165) is 17.7 Å². The average molecular weight is 363 g/mol. The lowest BCUT2D eigenvalue weighted by Gasteiger charge is -2.13. The molecule has 0 radical (unpaired) electrons. The number of hydrogen-bond acceptors (Lipinski definition) is 4. The number of hydrogen-bond donors (Lipinski definition) is 1. The predicted molar refractivity (Wildman–Crippen MR) is 109 cm³/mol. The third-order valence-corrected chi connectivity index (χ3v) is 4.23. The van der Waals surface area contributed by atoms with Gasteiger partial charge in [0.25, 0.3) is 0 Å². The van der Waals surface area contributed by atoms with Crippen LogP contribution in [0.5, 0.6) is 17.2 Å². The van der Waals surface area contributed by atoms with E-state index in [1.165, 1.54) is 11.1 Å². The van der Waals surface area contributed by atoms with Gasteiger partial charge in [0.15, 0.2) is 11.5 Å². The second-order valence-electron chi connectivity index (χ2n) is 6.11. The highest BCUT2D eigenvalue weighted by Gasteiger charge is 2.06. The Hall–Kier alpha value is -2.98. The van der Waals surface area contributed by atoms with Gasteiger partial charge < -0.3 is 19.9 Å². The fourth-order valence-electron chi connectivity index (χ4n) is 2.84. The maximum atomic E-state index is 5.84. The molecule has 3 aromatic rings. The van der Waals surface area contributed by atoms with Crippen LogP contribution in [0.4, 0.5) is 0 Å². The lowest BCUT2D eigenvalue weighted by molar-refractivity contribution is 0.211. The molecule has 2 N–H and O–H groups in total. The van der Waals surface area contributed by atoms with Crippen LogP contribution in [0.15, 0.2) is 72.8 Å². The summed E-state index contributed by atoms with van der Waals surface area (Å²) in [6.07, 6.45) is 0.810. The van der Waals surface area contributed by atoms with E-state index in [1.54, 1.807) is 7.11 Å². The third kappa shape index (κ3) is 5.25. The van der Waals surface area contributed by atoms with E-state index in [9.17, 15) is 0 Å². The number of benzene rings is 3. The quantitative estimate of drug-likeness (QED) is 0.575. The Morgan fingerprint density at radius 1 is 0.741 bits per heavy atom. The van der Waals surface area contributed by atoms with Gasteiger partial charge >= 0.3 is 0 Å². The molecule has 0 spiro atoms. The van der Waals surface area contributed by atoms with E-state index in [4.69, 9.17) is 19.9 Å². The second kappa shape index (κ2) is 9.64. The minimum absolute atomic E-state index is 0.433. The maximum Gasteiger partial charge on any atom is 0.161 e. The summed E-state index contributed by atoms with van der Waals surface area (Å²) in [5.41, 5.74) is 9.11. The molecule has 0 saturated carbocycles. The van der Waals surface area contributed by atoms with Crippen molar-refractivity contribution >= 4 is 0 Å². The van der Waals surface area contributed by atoms with Gasteiger partial charge in [-0.25, -0.2) is 0 Å². The summed E-state index contributed by atoms with van der Waals surface area (Å²) in [5, 5.41) is 0. The Balaban J connectivity index is 1.52. The Labute approximate surface area is 160 Å². The van der Waals surface area contributed by atoms with Crippen LogP contribution in [-0.2, 0) is 6.42 Å². The van der Waals surface area contributed by atoms with E-state index in [2.05, 4.69) is 24.3 Å². The zero-order chi connectivity index (χ0) is 18.9. The third-order valence-electron chi connectivity index (χ3n) is 4.23. The van der Waals surface area contributed by atoms with Gasteiger partial charge in [0.2, 0.25) is 0 Å². The van der Waals surface area contributed by atoms with Crippen molar-refractivity contribution in [2.75, 3.05) is 26.9 Å². The topological polar surface area (TPSA) is 53.7 Å². The summed E-state index contributed by atoms with van der Waals surface area (Å²) in [5.74, 6) is 2.25. The van der Waals surface area contributed by atoms with Crippen LogP contribution in [0.1, 0.15) is 5.56 Å². The minimum Gasteiger partial charge on any atom is -0.493 e. The molecular weight excluding hydrogens is 338 g/mol. The average Bonchev–Trinajstić information content (AvgIpc) is 2.73. The molecule has 3 rings (SSSR count). The van der Waals surface area contributed by atoms with Crippen molar-refractivity contribution in [2.24, 2.45) is 5.73 Å². The van der Waals surface area contributed by atoms with Gasteiger partial charge in [-0.2, -0.15) is 0 Å². The zero-order valence-corrected chi connectivity index (χ0v) is 15.6. The van der Waals surface area contributed by atoms with Crippen molar-refractivity contribution in [2.45, 2.75) is 6.42 Å². The summed E-state index contributed by atoms with van der Waals surface area (Å²) in [6.45, 7) is 1.49. The molecule has 0 saturated heterocycles. The summed E-state index contributed by atoms with van der Waals surface area (Å²) < 4.78 is 17.0. The first kappa shape index (κ1) is 18.8. The molecule has 0 heterocycles. The molecule has 0 aliphatic carbocycles. The molecule has 0 atom stereocenters. The molecular formula is C23H25NO3. The second-order valence-corrected chi connectivity index (χ2v) is 6.11. The van der Waals surface area contributed by atoms with E-state index in [0.29, 0.717) is 31.3 Å². The highest BCUT2D eigenvalue weighted by Crippen LogP contribution is 2.28. The smallest absolute Gasteiger partial charge is 0.161 e. The van der Waals surface area contributed by atoms with Gasteiger partial charge in [0, 0.05) is 0 Å². The monoisotopic (exact) mass is 363 g/mol. The summed E-state index contributed by atoms with van der Waals surface area (Å²) >= 11 is 0. The van der Waals surface area contributed by atoms with Gasteiger partial charge in [-0.1, -0.05) is 48.5 Å². The summed E-state index contributed by atoms with van der Waals surface area (Å²) in [7, 11) is 1.63. The summed E-state index contributed by atoms with van der Waals surface area (Å²) in [4.78, 5) is 0. The standard InChI is InChI=1S/C23H25NO3/c1-25-22-12-7-18(13-14-24)17-23(22)27-16-15-26-21-10-8-20(9-11-21)19-5-3-2-4-6-19/h2-12,17H,13-16,24H2,1H3. The predicted octanol–water partition coefficient (Wildman–Crippen LogP) is 4.32. The van der Waals surface area contributed by atoms with Crippen LogP contribution in [-0.4, -0.2) is 26.9 Å². The van der Waals surface area contributed by atoms with Gasteiger partial charge in [0.1, 0.15) is 19.0 Å². The molecule has 0 bridgehead atoms. The maximum absolute atomic E-state index is 5.84. The van der Waals surface area contributed by atoms with Gasteiger partial charge in [-0.3, -0.25) is 0 Å². The molecule has 0 aliphatic rings. The molecule has 0 aliphatic heterocycles. The first-order valence-corrected chi connectivity index (χ1v) is 9.08. The lowest BCUT2D eigenvalue weighted by Crippen LogP contribution is -2.10. The van der Waals surface area contributed by atoms with Gasteiger partial charge in [0.05, 0.1) is 7.11 Å². The van der Waals surface area contributed by atoms with Crippen molar-refractivity contribution in [3.05, 3.63) is 78.4 Å². The normalized spacial score (nSPS) is 10.4. The highest BCUT2D eigenvalue weighted by atomic mass is 16.5. The number of rotatable bonds is 9. The largest absolute Gasteiger partial charge is 0.493 e. The molecule has 4 nitrogen and oxygen atoms in total. The van der Waals surface area contributed by atoms with Crippen molar-refractivity contribution in [1.29, 1.82) is 0 Å². The van der Waals surface area contributed by atoms with Crippen LogP contribution in [0.25, 0.3) is 11.1 Å². The minimum atomic E-state index is 0.433. The van der Waals surface area contributed by atoms with Gasteiger partial charge in [-0.05, 0) is 53.9 Å². The van der Waals surface area contributed by atoms with Crippen molar-refractivity contribution in [1.82, 2.24) is 0 Å². The SMILES string of the molecule is COc1ccc(CCN)cc1OCCOc1ccc(-c2ccccc2)cc1. The number of methoxy groups -OCH3 is 1. The van der Waals surface area contributed by atoms with E-state index >= 15 is 0 Å². The Bertz CT molecular complexity index is 832. The van der Waals surface area contributed by atoms with Crippen LogP contribution >= 0.6 is 0 Å². The molecule has 140 valence electrons. The molecule has 0 unspecified atom stereocenters. The fourth-order valence-corrected chi connectivity index (χ4v) is 2.84. The number of nitrogens with two attached hydrogens (primary N) is 1. The van der Waals surface area contributed by atoms with Crippen LogP contribution in [0.3, 0.4) is 0 Å². The van der Waals surface area contributed by atoms with E-state index < -0.39 is 0 Å². The Kier molecular flexibility index (Phi) is 6.72. The summed E-state index contributed by atoms with van der Waals surface area (Å²) in [6, 6.07) is 24.2. The highest BCUT2D eigenvalue weighted by molar-refractivity contribution is 5.63. The first-order chi connectivity index (χ1) is 13.3. The van der Waals surface area contributed by atoms with Gasteiger partial charge in [-0.15, -0.1) is 0 Å².